The average molecular weight is 433 g/mol. The lowest BCUT2D eigenvalue weighted by molar-refractivity contribution is 0.0300. The van der Waals surface area contributed by atoms with E-state index in [0.717, 1.165) is 16.7 Å². The van der Waals surface area contributed by atoms with Crippen molar-refractivity contribution in [3.63, 3.8) is 0 Å². The fraction of sp³-hybridized carbons (Fsp3) is 0.409. The first-order chi connectivity index (χ1) is 14.2. The van der Waals surface area contributed by atoms with Crippen molar-refractivity contribution in [1.82, 2.24) is 9.62 Å². The maximum Gasteiger partial charge on any atom is 0.257 e. The first-order valence-electron chi connectivity index (χ1n) is 9.87. The number of methoxy groups -OCH3 is 1. The number of hydrogen-bond donors (Lipinski definition) is 1. The van der Waals surface area contributed by atoms with Crippen molar-refractivity contribution in [3.05, 3.63) is 58.7 Å². The monoisotopic (exact) mass is 432 g/mol. The van der Waals surface area contributed by atoms with Crippen molar-refractivity contribution in [3.8, 4) is 5.75 Å². The summed E-state index contributed by atoms with van der Waals surface area (Å²) in [6, 6.07) is 9.84. The number of nitrogens with one attached hydrogen (secondary N) is 1. The molecular weight excluding hydrogens is 404 g/mol. The Labute approximate surface area is 178 Å². The minimum atomic E-state index is -3.85. The molecule has 0 aromatic heterocycles. The quantitative estimate of drug-likeness (QED) is 0.759. The van der Waals surface area contributed by atoms with E-state index in [-0.39, 0.29) is 16.4 Å². The summed E-state index contributed by atoms with van der Waals surface area (Å²) in [6.07, 6.45) is 0. The third kappa shape index (κ3) is 4.83. The number of nitrogens with zero attached hydrogens (tertiary/aromatic N) is 1. The van der Waals surface area contributed by atoms with Crippen LogP contribution in [-0.2, 0) is 14.8 Å². The van der Waals surface area contributed by atoms with Gasteiger partial charge in [-0.2, -0.15) is 0 Å². The van der Waals surface area contributed by atoms with Gasteiger partial charge in [-0.1, -0.05) is 23.8 Å². The minimum Gasteiger partial charge on any atom is -0.496 e. The number of amides is 1. The molecule has 0 spiro atoms. The van der Waals surface area contributed by atoms with Crippen molar-refractivity contribution in [2.75, 3.05) is 33.4 Å². The third-order valence-electron chi connectivity index (χ3n) is 5.23. The summed E-state index contributed by atoms with van der Waals surface area (Å²) in [5.41, 5.74) is 3.26. The second-order valence-electron chi connectivity index (χ2n) is 7.47. The summed E-state index contributed by atoms with van der Waals surface area (Å²) < 4.78 is 39.4. The second kappa shape index (κ2) is 9.16. The van der Waals surface area contributed by atoms with Gasteiger partial charge in [0.1, 0.15) is 5.75 Å². The van der Waals surface area contributed by atoms with Gasteiger partial charge in [0.15, 0.2) is 0 Å². The van der Waals surface area contributed by atoms with Gasteiger partial charge in [0.25, 0.3) is 5.91 Å². The maximum absolute atomic E-state index is 13.0. The Morgan fingerprint density at radius 3 is 2.47 bits per heavy atom. The highest BCUT2D eigenvalue weighted by molar-refractivity contribution is 7.89. The first-order valence-corrected chi connectivity index (χ1v) is 11.4. The lowest BCUT2D eigenvalue weighted by Crippen LogP contribution is -2.40. The molecule has 2 aromatic rings. The maximum atomic E-state index is 13.0. The topological polar surface area (TPSA) is 84.9 Å². The highest BCUT2D eigenvalue weighted by Crippen LogP contribution is 2.26. The summed E-state index contributed by atoms with van der Waals surface area (Å²) >= 11 is 0. The van der Waals surface area contributed by atoms with Crippen LogP contribution in [0.3, 0.4) is 0 Å². The molecule has 0 saturated carbocycles. The van der Waals surface area contributed by atoms with Gasteiger partial charge < -0.3 is 14.4 Å². The van der Waals surface area contributed by atoms with Crippen molar-refractivity contribution < 1.29 is 22.7 Å². The first kappa shape index (κ1) is 22.3. The number of rotatable bonds is 6. The Kier molecular flexibility index (Phi) is 6.80. The molecule has 2 aromatic carbocycles. The predicted octanol–water partition coefficient (Wildman–Crippen LogP) is 2.82. The van der Waals surface area contributed by atoms with E-state index in [9.17, 15) is 13.2 Å². The van der Waals surface area contributed by atoms with Gasteiger partial charge in [-0.25, -0.2) is 13.1 Å². The van der Waals surface area contributed by atoms with Crippen LogP contribution >= 0.6 is 0 Å². The highest BCUT2D eigenvalue weighted by Gasteiger charge is 2.26. The molecule has 1 N–H and O–H groups in total. The van der Waals surface area contributed by atoms with Gasteiger partial charge in [-0.15, -0.1) is 0 Å². The zero-order valence-electron chi connectivity index (χ0n) is 17.8. The van der Waals surface area contributed by atoms with Crippen LogP contribution in [0, 0.1) is 13.8 Å². The number of ether oxygens (including phenoxy) is 2. The van der Waals surface area contributed by atoms with Gasteiger partial charge in [0.2, 0.25) is 10.0 Å². The van der Waals surface area contributed by atoms with E-state index in [1.807, 2.05) is 32.0 Å². The third-order valence-corrected chi connectivity index (χ3v) is 6.77. The number of carbonyl (C=O) groups is 1. The van der Waals surface area contributed by atoms with Gasteiger partial charge >= 0.3 is 0 Å². The molecule has 1 fully saturated rings. The van der Waals surface area contributed by atoms with E-state index >= 15 is 0 Å². The van der Waals surface area contributed by atoms with Crippen LogP contribution in [-0.4, -0.2) is 52.6 Å². The summed E-state index contributed by atoms with van der Waals surface area (Å²) in [5, 5.41) is 0. The molecule has 1 unspecified atom stereocenters. The van der Waals surface area contributed by atoms with Crippen LogP contribution in [0.4, 0.5) is 0 Å². The number of morpholine rings is 1. The lowest BCUT2D eigenvalue weighted by atomic mass is 10.0. The number of benzene rings is 2. The van der Waals surface area contributed by atoms with Crippen LogP contribution < -0.4 is 9.46 Å². The van der Waals surface area contributed by atoms with Crippen molar-refractivity contribution in [1.29, 1.82) is 0 Å². The molecule has 1 saturated heterocycles. The summed E-state index contributed by atoms with van der Waals surface area (Å²) in [4.78, 5) is 14.6. The van der Waals surface area contributed by atoms with E-state index in [2.05, 4.69) is 4.72 Å². The van der Waals surface area contributed by atoms with Gasteiger partial charge in [0.05, 0.1) is 30.8 Å². The molecule has 162 valence electrons. The number of carbonyl (C=O) groups excluding carboxylic acids is 1. The largest absolute Gasteiger partial charge is 0.496 e. The molecule has 0 aliphatic carbocycles. The molecule has 1 heterocycles. The molecule has 1 amide bonds. The molecule has 0 radical (unpaired) electrons. The predicted molar refractivity (Wildman–Crippen MR) is 114 cm³/mol. The lowest BCUT2D eigenvalue weighted by Gasteiger charge is -2.27. The summed E-state index contributed by atoms with van der Waals surface area (Å²) in [5.74, 6) is 0.0718. The molecule has 1 aliphatic rings. The fourth-order valence-corrected chi connectivity index (χ4v) is 4.88. The molecule has 1 atom stereocenters. The molecule has 30 heavy (non-hydrogen) atoms. The molecular formula is C22H28N2O5S. The fourth-order valence-electron chi connectivity index (χ4n) is 3.63. The molecule has 8 heteroatoms. The Morgan fingerprint density at radius 1 is 1.13 bits per heavy atom. The van der Waals surface area contributed by atoms with Gasteiger partial charge in [-0.05, 0) is 50.1 Å². The number of aryl methyl sites for hydroxylation is 2. The normalized spacial score (nSPS) is 15.7. The average Bonchev–Trinajstić information content (AvgIpc) is 2.72. The van der Waals surface area contributed by atoms with Gasteiger partial charge in [0, 0.05) is 19.1 Å². The smallest absolute Gasteiger partial charge is 0.257 e. The van der Waals surface area contributed by atoms with Gasteiger partial charge in [-0.3, -0.25) is 4.79 Å². The van der Waals surface area contributed by atoms with Crippen LogP contribution in [0.25, 0.3) is 0 Å². The second-order valence-corrected chi connectivity index (χ2v) is 9.18. The number of sulfonamides is 1. The Balaban J connectivity index is 1.89. The highest BCUT2D eigenvalue weighted by atomic mass is 32.2. The molecule has 1 aliphatic heterocycles. The van der Waals surface area contributed by atoms with Crippen LogP contribution in [0.5, 0.6) is 5.75 Å². The van der Waals surface area contributed by atoms with Crippen molar-refractivity contribution in [2.45, 2.75) is 31.7 Å². The van der Waals surface area contributed by atoms with Crippen molar-refractivity contribution in [2.24, 2.45) is 0 Å². The molecule has 3 rings (SSSR count). The van der Waals surface area contributed by atoms with E-state index in [0.29, 0.717) is 32.1 Å². The van der Waals surface area contributed by atoms with Crippen LogP contribution in [0.15, 0.2) is 41.3 Å². The molecule has 7 nitrogen and oxygen atoms in total. The Morgan fingerprint density at radius 2 is 1.83 bits per heavy atom. The van der Waals surface area contributed by atoms with E-state index < -0.39 is 16.1 Å². The Bertz CT molecular complexity index is 1030. The summed E-state index contributed by atoms with van der Waals surface area (Å²) in [6.45, 7) is 7.60. The van der Waals surface area contributed by atoms with Crippen LogP contribution in [0.1, 0.15) is 40.0 Å². The molecule has 0 bridgehead atoms. The van der Waals surface area contributed by atoms with E-state index in [1.54, 1.807) is 11.8 Å². The minimum absolute atomic E-state index is 0.0246. The number of hydrogen-bond acceptors (Lipinski definition) is 5. The SMILES string of the molecule is COc1ccc(S(=O)(=O)NC(C)c2ccc(C)cc2C)cc1C(=O)N1CCOCC1. The van der Waals surface area contributed by atoms with Crippen molar-refractivity contribution >= 4 is 15.9 Å². The summed E-state index contributed by atoms with van der Waals surface area (Å²) in [7, 11) is -2.39. The Hall–Kier alpha value is -2.42. The van der Waals surface area contributed by atoms with E-state index in [4.69, 9.17) is 9.47 Å². The van der Waals surface area contributed by atoms with Crippen LogP contribution in [0.2, 0.25) is 0 Å². The standard InChI is InChI=1S/C22H28N2O5S/c1-15-5-7-19(16(2)13-15)17(3)23-30(26,27)18-6-8-21(28-4)20(14-18)22(25)24-9-11-29-12-10-24/h5-8,13-14,17,23H,9-12H2,1-4H3. The zero-order valence-corrected chi connectivity index (χ0v) is 18.6. The van der Waals surface area contributed by atoms with E-state index in [1.165, 1.54) is 25.3 Å². The zero-order chi connectivity index (χ0) is 21.9.